The minimum Gasteiger partial charge on any atom is -0.325 e. The van der Waals surface area contributed by atoms with E-state index in [-0.39, 0.29) is 16.8 Å². The molecule has 4 aromatic rings. The highest BCUT2D eigenvalue weighted by Crippen LogP contribution is 2.26. The summed E-state index contributed by atoms with van der Waals surface area (Å²) < 4.78 is 2.94. The molecule has 0 fully saturated rings. The molecule has 9 heteroatoms. The van der Waals surface area contributed by atoms with Crippen LogP contribution in [0.25, 0.3) is 16.7 Å². The Morgan fingerprint density at radius 2 is 1.93 bits per heavy atom. The zero-order valence-electron chi connectivity index (χ0n) is 14.8. The molecular weight excluding hydrogens is 442 g/mol. The van der Waals surface area contributed by atoms with E-state index in [1.807, 2.05) is 42.0 Å². The van der Waals surface area contributed by atoms with Crippen LogP contribution in [0.1, 0.15) is 6.92 Å². The number of aromatic amines is 2. The van der Waals surface area contributed by atoms with Crippen LogP contribution in [0.2, 0.25) is 0 Å². The van der Waals surface area contributed by atoms with Gasteiger partial charge < -0.3 is 15.3 Å². The molecule has 0 aliphatic carbocycles. The van der Waals surface area contributed by atoms with Crippen molar-refractivity contribution in [3.05, 3.63) is 69.8 Å². The number of hydrogen-bond acceptors (Lipinski definition) is 4. The number of nitrogens with one attached hydrogen (secondary N) is 3. The SMILES string of the molecule is C[C@H](Sc1nccn1-c1ccc(Br)cc1)C(=O)Nc1ccc2[nH]c(=O)[nH]c2c1. The van der Waals surface area contributed by atoms with Crippen LogP contribution < -0.4 is 11.0 Å². The molecule has 0 aliphatic heterocycles. The van der Waals surface area contributed by atoms with Crippen LogP contribution in [0, 0.1) is 0 Å². The zero-order valence-corrected chi connectivity index (χ0v) is 17.2. The molecule has 0 radical (unpaired) electrons. The van der Waals surface area contributed by atoms with E-state index in [1.54, 1.807) is 24.4 Å². The predicted molar refractivity (Wildman–Crippen MR) is 114 cm³/mol. The van der Waals surface area contributed by atoms with E-state index in [9.17, 15) is 9.59 Å². The van der Waals surface area contributed by atoms with Crippen LogP contribution in [-0.2, 0) is 4.79 Å². The zero-order chi connectivity index (χ0) is 19.7. The highest BCUT2D eigenvalue weighted by molar-refractivity contribution is 9.10. The molecule has 28 heavy (non-hydrogen) atoms. The van der Waals surface area contributed by atoms with Gasteiger partial charge in [-0.05, 0) is 49.4 Å². The Labute approximate surface area is 172 Å². The molecule has 142 valence electrons. The Morgan fingerprint density at radius 3 is 2.71 bits per heavy atom. The molecule has 4 rings (SSSR count). The summed E-state index contributed by atoms with van der Waals surface area (Å²) in [5.41, 5.74) is 2.66. The van der Waals surface area contributed by atoms with Gasteiger partial charge in [0.25, 0.3) is 0 Å². The number of rotatable bonds is 5. The maximum Gasteiger partial charge on any atom is 0.323 e. The Hall–Kier alpha value is -2.78. The second-order valence-corrected chi connectivity index (χ2v) is 8.37. The first-order valence-electron chi connectivity index (χ1n) is 8.48. The maximum atomic E-state index is 12.6. The Morgan fingerprint density at radius 1 is 1.18 bits per heavy atom. The quantitative estimate of drug-likeness (QED) is 0.395. The number of thioether (sulfide) groups is 1. The lowest BCUT2D eigenvalue weighted by atomic mass is 10.2. The molecule has 2 heterocycles. The third-order valence-electron chi connectivity index (χ3n) is 4.15. The average molecular weight is 458 g/mol. The molecule has 0 aliphatic rings. The van der Waals surface area contributed by atoms with Crippen LogP contribution in [-0.4, -0.2) is 30.7 Å². The van der Waals surface area contributed by atoms with Gasteiger partial charge in [0.15, 0.2) is 5.16 Å². The molecule has 2 aromatic carbocycles. The lowest BCUT2D eigenvalue weighted by molar-refractivity contribution is -0.115. The van der Waals surface area contributed by atoms with Gasteiger partial charge >= 0.3 is 5.69 Å². The fourth-order valence-electron chi connectivity index (χ4n) is 2.74. The number of fused-ring (bicyclic) bond motifs is 1. The van der Waals surface area contributed by atoms with Gasteiger partial charge in [-0.25, -0.2) is 9.78 Å². The topological polar surface area (TPSA) is 95.6 Å². The molecule has 1 atom stereocenters. The van der Waals surface area contributed by atoms with E-state index in [4.69, 9.17) is 0 Å². The molecule has 0 spiro atoms. The molecule has 1 amide bonds. The second kappa shape index (κ2) is 7.69. The van der Waals surface area contributed by atoms with Gasteiger partial charge in [-0.1, -0.05) is 27.7 Å². The summed E-state index contributed by atoms with van der Waals surface area (Å²) in [6.07, 6.45) is 3.58. The van der Waals surface area contributed by atoms with Crippen molar-refractivity contribution in [2.45, 2.75) is 17.3 Å². The minimum atomic E-state index is -0.363. The Balaban J connectivity index is 1.48. The van der Waals surface area contributed by atoms with Gasteiger partial charge in [-0.3, -0.25) is 9.36 Å². The predicted octanol–water partition coefficient (Wildman–Crippen LogP) is 3.92. The fraction of sp³-hybridized carbons (Fsp3) is 0.105. The summed E-state index contributed by atoms with van der Waals surface area (Å²) in [5, 5.41) is 3.25. The van der Waals surface area contributed by atoms with Crippen molar-refractivity contribution in [2.24, 2.45) is 0 Å². The van der Waals surface area contributed by atoms with Gasteiger partial charge in [-0.15, -0.1) is 0 Å². The monoisotopic (exact) mass is 457 g/mol. The number of H-pyrrole nitrogens is 2. The summed E-state index contributed by atoms with van der Waals surface area (Å²) in [5.74, 6) is -0.146. The standard InChI is InChI=1S/C19H16BrN5O2S/c1-11(17(26)22-13-4-7-15-16(10-13)24-18(27)23-15)28-19-21-8-9-25(19)14-5-2-12(20)3-6-14/h2-11H,1H3,(H,22,26)(H2,23,24,27)/t11-/m0/s1. The Kier molecular flexibility index (Phi) is 5.10. The van der Waals surface area contributed by atoms with Gasteiger partial charge in [-0.2, -0.15) is 0 Å². The third-order valence-corrected chi connectivity index (χ3v) is 5.76. The van der Waals surface area contributed by atoms with Crippen LogP contribution in [0.15, 0.2) is 69.3 Å². The first-order chi connectivity index (χ1) is 13.5. The lowest BCUT2D eigenvalue weighted by Gasteiger charge is -2.13. The summed E-state index contributed by atoms with van der Waals surface area (Å²) in [7, 11) is 0. The molecule has 0 bridgehead atoms. The van der Waals surface area contributed by atoms with Crippen LogP contribution in [0.3, 0.4) is 0 Å². The van der Waals surface area contributed by atoms with Crippen LogP contribution in [0.5, 0.6) is 0 Å². The van der Waals surface area contributed by atoms with Gasteiger partial charge in [0, 0.05) is 28.2 Å². The molecular formula is C19H16BrN5O2S. The van der Waals surface area contributed by atoms with Gasteiger partial charge in [0.05, 0.1) is 16.3 Å². The average Bonchev–Trinajstić information content (AvgIpc) is 3.27. The molecule has 0 saturated heterocycles. The van der Waals surface area contributed by atoms with Crippen molar-refractivity contribution in [3.8, 4) is 5.69 Å². The highest BCUT2D eigenvalue weighted by Gasteiger charge is 2.18. The molecule has 0 unspecified atom stereocenters. The van der Waals surface area contributed by atoms with Crippen molar-refractivity contribution in [3.63, 3.8) is 0 Å². The number of carbonyl (C=O) groups is 1. The number of carbonyl (C=O) groups excluding carboxylic acids is 1. The number of anilines is 1. The van der Waals surface area contributed by atoms with E-state index in [1.165, 1.54) is 11.8 Å². The number of halogens is 1. The number of benzene rings is 2. The smallest absolute Gasteiger partial charge is 0.323 e. The lowest BCUT2D eigenvalue weighted by Crippen LogP contribution is -2.22. The van der Waals surface area contributed by atoms with Crippen molar-refractivity contribution >= 4 is 50.3 Å². The summed E-state index contributed by atoms with van der Waals surface area (Å²) in [6, 6.07) is 13.1. The van der Waals surface area contributed by atoms with Gasteiger partial charge in [0.2, 0.25) is 5.91 Å². The van der Waals surface area contributed by atoms with Crippen LogP contribution >= 0.6 is 27.7 Å². The van der Waals surface area contributed by atoms with E-state index in [0.717, 1.165) is 15.3 Å². The highest BCUT2D eigenvalue weighted by atomic mass is 79.9. The van der Waals surface area contributed by atoms with E-state index >= 15 is 0 Å². The Bertz CT molecular complexity index is 1190. The normalized spacial score (nSPS) is 12.2. The first kappa shape index (κ1) is 18.6. The number of nitrogens with zero attached hydrogens (tertiary/aromatic N) is 2. The number of hydrogen-bond donors (Lipinski definition) is 3. The van der Waals surface area contributed by atoms with E-state index < -0.39 is 0 Å². The van der Waals surface area contributed by atoms with E-state index in [0.29, 0.717) is 16.7 Å². The fourth-order valence-corrected chi connectivity index (χ4v) is 3.89. The van der Waals surface area contributed by atoms with Crippen molar-refractivity contribution < 1.29 is 4.79 Å². The van der Waals surface area contributed by atoms with Crippen molar-refractivity contribution in [1.82, 2.24) is 19.5 Å². The summed E-state index contributed by atoms with van der Waals surface area (Å²) in [4.78, 5) is 33.7. The molecule has 3 N–H and O–H groups in total. The molecule has 0 saturated carbocycles. The minimum absolute atomic E-state index is 0.146. The number of aromatic nitrogens is 4. The number of amides is 1. The molecule has 2 aromatic heterocycles. The molecule has 7 nitrogen and oxygen atoms in total. The van der Waals surface area contributed by atoms with Gasteiger partial charge in [0.1, 0.15) is 0 Å². The third kappa shape index (κ3) is 3.90. The first-order valence-corrected chi connectivity index (χ1v) is 10.2. The van der Waals surface area contributed by atoms with Crippen LogP contribution in [0.4, 0.5) is 5.69 Å². The number of imidazole rings is 2. The summed E-state index contributed by atoms with van der Waals surface area (Å²) >= 11 is 4.81. The summed E-state index contributed by atoms with van der Waals surface area (Å²) in [6.45, 7) is 1.83. The largest absolute Gasteiger partial charge is 0.325 e. The second-order valence-electron chi connectivity index (χ2n) is 6.15. The van der Waals surface area contributed by atoms with Crippen molar-refractivity contribution in [1.29, 1.82) is 0 Å². The van der Waals surface area contributed by atoms with E-state index in [2.05, 4.69) is 36.2 Å². The maximum absolute atomic E-state index is 12.6. The van der Waals surface area contributed by atoms with Crippen molar-refractivity contribution in [2.75, 3.05) is 5.32 Å².